The van der Waals surface area contributed by atoms with E-state index in [9.17, 15) is 37.6 Å². The van der Waals surface area contributed by atoms with Crippen molar-refractivity contribution in [3.8, 4) is 0 Å². The Labute approximate surface area is 137 Å². The van der Waals surface area contributed by atoms with Crippen LogP contribution in [0.1, 0.15) is 20.3 Å². The highest BCUT2D eigenvalue weighted by Crippen LogP contribution is 2.36. The van der Waals surface area contributed by atoms with Gasteiger partial charge in [0.25, 0.3) is 18.8 Å². The number of carbonyl (C=O) groups is 1. The van der Waals surface area contributed by atoms with Gasteiger partial charge >= 0.3 is 5.69 Å². The number of hydrogen-bond donors (Lipinski definition) is 1. The summed E-state index contributed by atoms with van der Waals surface area (Å²) in [7, 11) is 0. The van der Waals surface area contributed by atoms with E-state index in [0.29, 0.717) is 0 Å². The van der Waals surface area contributed by atoms with Crippen LogP contribution in [0.3, 0.4) is 0 Å². The quantitative estimate of drug-likeness (QED) is 0.479. The van der Waals surface area contributed by atoms with Crippen molar-refractivity contribution in [2.24, 2.45) is 5.10 Å². The third-order valence-corrected chi connectivity index (χ3v) is 3.71. The first-order valence-electron chi connectivity index (χ1n) is 6.81. The number of aliphatic hydroxyl groups is 1. The van der Waals surface area contributed by atoms with E-state index in [1.165, 1.54) is 0 Å². The molecule has 0 bridgehead atoms. The molecule has 0 saturated carbocycles. The number of nitrogens with zero attached hydrogens (tertiary/aromatic N) is 5. The van der Waals surface area contributed by atoms with E-state index in [0.717, 1.165) is 30.9 Å². The van der Waals surface area contributed by atoms with Crippen LogP contribution in [-0.4, -0.2) is 55.0 Å². The highest BCUT2D eigenvalue weighted by Gasteiger charge is 2.56. The Morgan fingerprint density at radius 3 is 2.48 bits per heavy atom. The third kappa shape index (κ3) is 3.06. The molecule has 1 amide bonds. The maximum absolute atomic E-state index is 13.2. The first-order valence-corrected chi connectivity index (χ1v) is 6.81. The van der Waals surface area contributed by atoms with Gasteiger partial charge in [0.15, 0.2) is 0 Å². The molecule has 1 atom stereocenters. The number of rotatable bonds is 5. The summed E-state index contributed by atoms with van der Waals surface area (Å²) in [6.45, 7) is 2.32. The molecule has 13 heteroatoms. The molecule has 2 rings (SSSR count). The zero-order valence-corrected chi connectivity index (χ0v) is 12.9. The van der Waals surface area contributed by atoms with Gasteiger partial charge < -0.3 is 5.11 Å². The van der Waals surface area contributed by atoms with Crippen LogP contribution < -0.4 is 0 Å². The van der Waals surface area contributed by atoms with E-state index in [1.54, 1.807) is 0 Å². The van der Waals surface area contributed by atoms with Gasteiger partial charge in [0.2, 0.25) is 5.72 Å². The molecule has 9 nitrogen and oxygen atoms in total. The molecule has 0 unspecified atom stereocenters. The summed E-state index contributed by atoms with van der Waals surface area (Å²) in [5, 5.41) is 27.3. The molecule has 0 fully saturated rings. The van der Waals surface area contributed by atoms with Crippen molar-refractivity contribution in [3.05, 3.63) is 22.5 Å². The smallest absolute Gasteiger partial charge is 0.307 e. The highest BCUT2D eigenvalue weighted by atomic mass is 19.3. The van der Waals surface area contributed by atoms with Crippen LogP contribution in [0.2, 0.25) is 0 Å². The minimum Gasteiger partial charge on any atom is -0.364 e. The van der Waals surface area contributed by atoms with Gasteiger partial charge in [-0.2, -0.15) is 15.2 Å². The molecule has 1 N–H and O–H groups in total. The van der Waals surface area contributed by atoms with Crippen LogP contribution in [0.15, 0.2) is 17.5 Å². The zero-order chi connectivity index (χ0) is 19.2. The lowest BCUT2D eigenvalue weighted by Crippen LogP contribution is -2.57. The minimum absolute atomic E-state index is 0.104. The van der Waals surface area contributed by atoms with Gasteiger partial charge in [-0.05, 0) is 13.8 Å². The number of hydrazone groups is 1. The SMILES string of the molecule is CC(C)(C(=O)N1N=C(C(F)F)C[C@]1(O)C(F)F)n1cc([N+](=O)[O-])cn1. The Balaban J connectivity index is 2.42. The van der Waals surface area contributed by atoms with Crippen LogP contribution in [0.25, 0.3) is 0 Å². The average molecular weight is 367 g/mol. The average Bonchev–Trinajstić information content (AvgIpc) is 3.12. The molecule has 0 aliphatic carbocycles. The van der Waals surface area contributed by atoms with Crippen molar-refractivity contribution in [3.63, 3.8) is 0 Å². The first-order chi connectivity index (χ1) is 11.4. The number of nitro groups is 1. The van der Waals surface area contributed by atoms with E-state index < -0.39 is 52.8 Å². The molecule has 1 aromatic heterocycles. The second-order valence-electron chi connectivity index (χ2n) is 5.82. The van der Waals surface area contributed by atoms with E-state index in [4.69, 9.17) is 0 Å². The molecule has 1 aliphatic heterocycles. The molecule has 1 aromatic rings. The van der Waals surface area contributed by atoms with Gasteiger partial charge in [-0.15, -0.1) is 0 Å². The normalized spacial score (nSPS) is 21.2. The number of hydrogen-bond acceptors (Lipinski definition) is 6. The third-order valence-electron chi connectivity index (χ3n) is 3.71. The maximum Gasteiger partial charge on any atom is 0.307 e. The lowest BCUT2D eigenvalue weighted by molar-refractivity contribution is -0.385. The first kappa shape index (κ1) is 18.8. The summed E-state index contributed by atoms with van der Waals surface area (Å²) in [6.07, 6.45) is -6.33. The number of halogens is 4. The van der Waals surface area contributed by atoms with E-state index in [1.807, 2.05) is 0 Å². The molecule has 0 saturated heterocycles. The van der Waals surface area contributed by atoms with Gasteiger partial charge in [0, 0.05) is 6.42 Å². The fourth-order valence-electron chi connectivity index (χ4n) is 2.17. The zero-order valence-electron chi connectivity index (χ0n) is 12.9. The van der Waals surface area contributed by atoms with Crippen molar-refractivity contribution < 1.29 is 32.4 Å². The Hall–Kier alpha value is -2.57. The predicted octanol–water partition coefficient (Wildman–Crippen LogP) is 1.33. The second-order valence-corrected chi connectivity index (χ2v) is 5.82. The lowest BCUT2D eigenvalue weighted by Gasteiger charge is -2.35. The van der Waals surface area contributed by atoms with Gasteiger partial charge in [-0.3, -0.25) is 19.6 Å². The summed E-state index contributed by atoms with van der Waals surface area (Å²) in [5.74, 6) is -1.29. The number of alkyl halides is 4. The molecular weight excluding hydrogens is 354 g/mol. The standard InChI is InChI=1S/C12H13F4N5O4/c1-11(2,19-5-6(4-17-19)21(24)25)10(22)20-12(23,9(15)16)3-7(18-20)8(13)14/h4-5,8-9,23H,3H2,1-2H3/t12-/m0/s1. The van der Waals surface area contributed by atoms with Crippen molar-refractivity contribution in [1.82, 2.24) is 14.8 Å². The summed E-state index contributed by atoms with van der Waals surface area (Å²) in [6, 6.07) is 0. The van der Waals surface area contributed by atoms with E-state index in [-0.39, 0.29) is 5.01 Å². The highest BCUT2D eigenvalue weighted by molar-refractivity contribution is 5.94. The molecule has 0 spiro atoms. The Kier molecular flexibility index (Phi) is 4.55. The Morgan fingerprint density at radius 1 is 1.44 bits per heavy atom. The van der Waals surface area contributed by atoms with Crippen molar-refractivity contribution in [2.45, 2.75) is 44.4 Å². The lowest BCUT2D eigenvalue weighted by atomic mass is 10.0. The van der Waals surface area contributed by atoms with Gasteiger partial charge in [0.05, 0.1) is 4.92 Å². The molecule has 0 aromatic carbocycles. The van der Waals surface area contributed by atoms with E-state index >= 15 is 0 Å². The van der Waals surface area contributed by atoms with Crippen molar-refractivity contribution in [1.29, 1.82) is 0 Å². The number of aromatic nitrogens is 2. The summed E-state index contributed by atoms with van der Waals surface area (Å²) >= 11 is 0. The van der Waals surface area contributed by atoms with Crippen molar-refractivity contribution >= 4 is 17.3 Å². The van der Waals surface area contributed by atoms with Crippen molar-refractivity contribution in [2.75, 3.05) is 0 Å². The Bertz CT molecular complexity index is 735. The van der Waals surface area contributed by atoms with E-state index in [2.05, 4.69) is 10.2 Å². The summed E-state index contributed by atoms with van der Waals surface area (Å²) in [4.78, 5) is 22.5. The van der Waals surface area contributed by atoms with Crippen LogP contribution in [0.4, 0.5) is 23.2 Å². The monoisotopic (exact) mass is 367 g/mol. The summed E-state index contributed by atoms with van der Waals surface area (Å²) in [5.41, 5.74) is -6.60. The van der Waals surface area contributed by atoms with Crippen LogP contribution >= 0.6 is 0 Å². The van der Waals surface area contributed by atoms with Crippen LogP contribution in [0, 0.1) is 10.1 Å². The van der Waals surface area contributed by atoms with Crippen LogP contribution in [-0.2, 0) is 10.3 Å². The summed E-state index contributed by atoms with van der Waals surface area (Å²) < 4.78 is 52.8. The second kappa shape index (κ2) is 6.06. The Morgan fingerprint density at radius 2 is 2.04 bits per heavy atom. The molecule has 2 heterocycles. The molecule has 25 heavy (non-hydrogen) atoms. The minimum atomic E-state index is -3.57. The predicted molar refractivity (Wildman–Crippen MR) is 74.1 cm³/mol. The largest absolute Gasteiger partial charge is 0.364 e. The fraction of sp³-hybridized carbons (Fsp3) is 0.583. The van der Waals surface area contributed by atoms with Gasteiger partial charge in [-0.1, -0.05) is 0 Å². The number of carbonyl (C=O) groups excluding carboxylic acids is 1. The topological polar surface area (TPSA) is 114 Å². The van der Waals surface area contributed by atoms with Gasteiger partial charge in [-0.25, -0.2) is 17.6 Å². The molecule has 0 radical (unpaired) electrons. The molecule has 1 aliphatic rings. The van der Waals surface area contributed by atoms with Crippen LogP contribution in [0.5, 0.6) is 0 Å². The van der Waals surface area contributed by atoms with Gasteiger partial charge in [0.1, 0.15) is 23.6 Å². The maximum atomic E-state index is 13.2. The molecular formula is C12H13F4N5O4. The number of amides is 1. The fourth-order valence-corrected chi connectivity index (χ4v) is 2.17. The molecule has 138 valence electrons.